The third-order valence-electron chi connectivity index (χ3n) is 3.70. The lowest BCUT2D eigenvalue weighted by atomic mass is 9.90. The van der Waals surface area contributed by atoms with Crippen LogP contribution in [0.4, 0.5) is 10.1 Å². The number of nitrogens with one attached hydrogen (secondary N) is 1. The maximum Gasteiger partial charge on any atom is 0.238 e. The van der Waals surface area contributed by atoms with Crippen LogP contribution in [0, 0.1) is 11.2 Å². The number of anilines is 1. The number of nitrogens with two attached hydrogens (primary N) is 1. The fourth-order valence-electron chi connectivity index (χ4n) is 2.41. The standard InChI is InChI=1S/C14H19ClFN3O/c1-14(8-17)4-5-19(9-14)7-13(20)18-12-3-2-10(16)6-11(12)15/h2-3,6H,4-5,7-9,17H2,1H3,(H,18,20). The normalized spacial score (nSPS) is 23.0. The van der Waals surface area contributed by atoms with Crippen molar-refractivity contribution >= 4 is 23.2 Å². The van der Waals surface area contributed by atoms with Crippen LogP contribution in [0.15, 0.2) is 18.2 Å². The molecule has 1 aromatic rings. The highest BCUT2D eigenvalue weighted by Gasteiger charge is 2.33. The molecule has 1 heterocycles. The second-order valence-electron chi connectivity index (χ2n) is 5.65. The summed E-state index contributed by atoms with van der Waals surface area (Å²) in [5.41, 5.74) is 6.26. The lowest BCUT2D eigenvalue weighted by Gasteiger charge is -2.22. The molecule has 110 valence electrons. The Hall–Kier alpha value is -1.17. The third-order valence-corrected chi connectivity index (χ3v) is 4.01. The summed E-state index contributed by atoms with van der Waals surface area (Å²) in [6, 6.07) is 3.91. The summed E-state index contributed by atoms with van der Waals surface area (Å²) >= 11 is 5.87. The first-order valence-electron chi connectivity index (χ1n) is 6.59. The van der Waals surface area contributed by atoms with Gasteiger partial charge in [-0.15, -0.1) is 0 Å². The average molecular weight is 300 g/mol. The van der Waals surface area contributed by atoms with Gasteiger partial charge in [-0.25, -0.2) is 4.39 Å². The molecule has 0 aromatic heterocycles. The monoisotopic (exact) mass is 299 g/mol. The van der Waals surface area contributed by atoms with Gasteiger partial charge in [0.2, 0.25) is 5.91 Å². The van der Waals surface area contributed by atoms with E-state index < -0.39 is 5.82 Å². The molecular formula is C14H19ClFN3O. The highest BCUT2D eigenvalue weighted by Crippen LogP contribution is 2.28. The maximum atomic E-state index is 12.9. The van der Waals surface area contributed by atoms with Gasteiger partial charge in [-0.3, -0.25) is 9.69 Å². The van der Waals surface area contributed by atoms with Gasteiger partial charge in [0.1, 0.15) is 5.82 Å². The number of hydrogen-bond acceptors (Lipinski definition) is 3. The molecule has 4 nitrogen and oxygen atoms in total. The van der Waals surface area contributed by atoms with Gasteiger partial charge >= 0.3 is 0 Å². The molecular weight excluding hydrogens is 281 g/mol. The molecule has 20 heavy (non-hydrogen) atoms. The Bertz CT molecular complexity index is 511. The van der Waals surface area contributed by atoms with Crippen LogP contribution in [0.25, 0.3) is 0 Å². The van der Waals surface area contributed by atoms with Crippen molar-refractivity contribution in [2.24, 2.45) is 11.1 Å². The van der Waals surface area contributed by atoms with Crippen LogP contribution in [-0.2, 0) is 4.79 Å². The van der Waals surface area contributed by atoms with Crippen LogP contribution in [0.5, 0.6) is 0 Å². The van der Waals surface area contributed by atoms with Crippen molar-refractivity contribution in [2.75, 3.05) is 31.5 Å². The Balaban J connectivity index is 1.90. The zero-order valence-electron chi connectivity index (χ0n) is 11.5. The minimum atomic E-state index is -0.425. The quantitative estimate of drug-likeness (QED) is 0.895. The van der Waals surface area contributed by atoms with Gasteiger partial charge in [0.05, 0.1) is 17.3 Å². The molecule has 2 rings (SSSR count). The van der Waals surface area contributed by atoms with Crippen LogP contribution in [0.2, 0.25) is 5.02 Å². The van der Waals surface area contributed by atoms with E-state index in [4.69, 9.17) is 17.3 Å². The molecule has 0 spiro atoms. The van der Waals surface area contributed by atoms with Crippen molar-refractivity contribution in [1.29, 1.82) is 0 Å². The van der Waals surface area contributed by atoms with E-state index in [1.54, 1.807) is 0 Å². The van der Waals surface area contributed by atoms with Gasteiger partial charge in [-0.05, 0) is 43.1 Å². The van der Waals surface area contributed by atoms with E-state index in [2.05, 4.69) is 17.1 Å². The maximum absolute atomic E-state index is 12.9. The number of halogens is 2. The smallest absolute Gasteiger partial charge is 0.238 e. The summed E-state index contributed by atoms with van der Waals surface area (Å²) in [6.07, 6.45) is 0.994. The molecule has 1 aromatic carbocycles. The predicted octanol–water partition coefficient (Wildman–Crippen LogP) is 2.09. The molecule has 0 aliphatic carbocycles. The lowest BCUT2D eigenvalue weighted by Crippen LogP contribution is -2.35. The molecule has 1 saturated heterocycles. The Kier molecular flexibility index (Phi) is 4.62. The molecule has 1 atom stereocenters. The van der Waals surface area contributed by atoms with Crippen LogP contribution in [0.1, 0.15) is 13.3 Å². The number of carbonyl (C=O) groups is 1. The van der Waals surface area contributed by atoms with E-state index >= 15 is 0 Å². The van der Waals surface area contributed by atoms with Gasteiger partial charge in [0.25, 0.3) is 0 Å². The number of benzene rings is 1. The van der Waals surface area contributed by atoms with Crippen LogP contribution < -0.4 is 11.1 Å². The van der Waals surface area contributed by atoms with Gasteiger partial charge in [-0.1, -0.05) is 18.5 Å². The second-order valence-corrected chi connectivity index (χ2v) is 6.05. The van der Waals surface area contributed by atoms with Crippen molar-refractivity contribution in [1.82, 2.24) is 4.90 Å². The van der Waals surface area contributed by atoms with Crippen molar-refractivity contribution in [3.8, 4) is 0 Å². The summed E-state index contributed by atoms with van der Waals surface area (Å²) in [7, 11) is 0. The van der Waals surface area contributed by atoms with E-state index in [9.17, 15) is 9.18 Å². The number of likely N-dealkylation sites (tertiary alicyclic amines) is 1. The van der Waals surface area contributed by atoms with Crippen LogP contribution in [-0.4, -0.2) is 37.0 Å². The first kappa shape index (κ1) is 15.2. The zero-order valence-corrected chi connectivity index (χ0v) is 12.2. The van der Waals surface area contributed by atoms with Gasteiger partial charge in [0.15, 0.2) is 0 Å². The molecule has 0 saturated carbocycles. The second kappa shape index (κ2) is 6.08. The number of hydrogen-bond donors (Lipinski definition) is 2. The number of nitrogens with zero attached hydrogens (tertiary/aromatic N) is 1. The highest BCUT2D eigenvalue weighted by atomic mass is 35.5. The van der Waals surface area contributed by atoms with E-state index in [0.29, 0.717) is 18.8 Å². The van der Waals surface area contributed by atoms with Gasteiger partial charge in [-0.2, -0.15) is 0 Å². The summed E-state index contributed by atoms with van der Waals surface area (Å²) in [5, 5.41) is 2.90. The van der Waals surface area contributed by atoms with Crippen molar-refractivity contribution in [3.63, 3.8) is 0 Å². The van der Waals surface area contributed by atoms with Crippen LogP contribution in [0.3, 0.4) is 0 Å². The Morgan fingerprint density at radius 1 is 1.60 bits per heavy atom. The highest BCUT2D eigenvalue weighted by molar-refractivity contribution is 6.33. The molecule has 1 amide bonds. The Morgan fingerprint density at radius 3 is 2.95 bits per heavy atom. The van der Waals surface area contributed by atoms with Crippen molar-refractivity contribution < 1.29 is 9.18 Å². The largest absolute Gasteiger partial charge is 0.330 e. The molecule has 6 heteroatoms. The molecule has 0 radical (unpaired) electrons. The van der Waals surface area contributed by atoms with Gasteiger partial charge in [0, 0.05) is 6.54 Å². The van der Waals surface area contributed by atoms with Crippen molar-refractivity contribution in [2.45, 2.75) is 13.3 Å². The average Bonchev–Trinajstić information content (AvgIpc) is 2.75. The molecule has 3 N–H and O–H groups in total. The lowest BCUT2D eigenvalue weighted by molar-refractivity contribution is -0.117. The SMILES string of the molecule is CC1(CN)CCN(CC(=O)Nc2ccc(F)cc2Cl)C1. The Labute approximate surface area is 123 Å². The molecule has 1 aliphatic rings. The fraction of sp³-hybridized carbons (Fsp3) is 0.500. The number of amides is 1. The molecule has 1 fully saturated rings. The Morgan fingerprint density at radius 2 is 2.35 bits per heavy atom. The fourth-order valence-corrected chi connectivity index (χ4v) is 2.63. The van der Waals surface area contributed by atoms with E-state index in [1.807, 2.05) is 0 Å². The summed E-state index contributed by atoms with van der Waals surface area (Å²) < 4.78 is 12.9. The third kappa shape index (κ3) is 3.69. The summed E-state index contributed by atoms with van der Waals surface area (Å²) in [6.45, 7) is 4.71. The van der Waals surface area contributed by atoms with E-state index in [1.165, 1.54) is 18.2 Å². The number of carbonyl (C=O) groups excluding carboxylic acids is 1. The zero-order chi connectivity index (χ0) is 14.8. The minimum Gasteiger partial charge on any atom is -0.330 e. The molecule has 1 aliphatic heterocycles. The molecule has 0 bridgehead atoms. The topological polar surface area (TPSA) is 58.4 Å². The van der Waals surface area contributed by atoms with Gasteiger partial charge < -0.3 is 11.1 Å². The summed E-state index contributed by atoms with van der Waals surface area (Å²) in [5.74, 6) is -0.578. The molecule has 1 unspecified atom stereocenters. The van der Waals surface area contributed by atoms with Crippen LogP contribution >= 0.6 is 11.6 Å². The van der Waals surface area contributed by atoms with Crippen molar-refractivity contribution in [3.05, 3.63) is 29.0 Å². The first-order valence-corrected chi connectivity index (χ1v) is 6.97. The minimum absolute atomic E-state index is 0.0911. The van der Waals surface area contributed by atoms with E-state index in [-0.39, 0.29) is 16.3 Å². The summed E-state index contributed by atoms with van der Waals surface area (Å²) in [4.78, 5) is 14.0. The first-order chi connectivity index (χ1) is 9.42. The predicted molar refractivity (Wildman–Crippen MR) is 78.3 cm³/mol. The van der Waals surface area contributed by atoms with E-state index in [0.717, 1.165) is 19.5 Å². The number of rotatable bonds is 4.